The zero-order valence-corrected chi connectivity index (χ0v) is 18.1. The third-order valence-electron chi connectivity index (χ3n) is 4.42. The molecule has 0 unspecified atom stereocenters. The summed E-state index contributed by atoms with van der Waals surface area (Å²) in [5.41, 5.74) is 1.45. The normalized spacial score (nSPS) is 14.5. The smallest absolute Gasteiger partial charge is 0.304 e. The molecule has 0 saturated carbocycles. The minimum atomic E-state index is -0.908. The molecule has 31 heavy (non-hydrogen) atoms. The molecular weight excluding hydrogens is 420 g/mol. The molecule has 0 radical (unpaired) electrons. The van der Waals surface area contributed by atoms with E-state index in [1.807, 2.05) is 18.2 Å². The molecule has 2 aromatic carbocycles. The van der Waals surface area contributed by atoms with E-state index in [1.165, 1.54) is 38.0 Å². The van der Waals surface area contributed by atoms with Crippen molar-refractivity contribution in [2.24, 2.45) is 4.99 Å². The second kappa shape index (κ2) is 10.0. The number of benzene rings is 2. The van der Waals surface area contributed by atoms with Gasteiger partial charge in [0.25, 0.3) is 5.91 Å². The highest BCUT2D eigenvalue weighted by Crippen LogP contribution is 2.37. The largest absolute Gasteiger partial charge is 0.496 e. The topological polar surface area (TPSA) is 97.7 Å². The number of amides is 1. The van der Waals surface area contributed by atoms with Crippen LogP contribution in [0.15, 0.2) is 53.2 Å². The molecule has 3 rings (SSSR count). The summed E-state index contributed by atoms with van der Waals surface area (Å²) in [5, 5.41) is 9.36. The Hall–Kier alpha value is -3.46. The van der Waals surface area contributed by atoms with E-state index < -0.39 is 5.97 Å². The zero-order valence-electron chi connectivity index (χ0n) is 17.3. The lowest BCUT2D eigenvalue weighted by molar-refractivity contribution is -0.136. The lowest BCUT2D eigenvalue weighted by Gasteiger charge is -2.17. The molecule has 0 spiro atoms. The molecule has 0 aromatic heterocycles. The van der Waals surface area contributed by atoms with Gasteiger partial charge in [0.2, 0.25) is 0 Å². The molecule has 0 fully saturated rings. The molecule has 1 aliphatic heterocycles. The summed E-state index contributed by atoms with van der Waals surface area (Å²) in [6, 6.07) is 12.5. The predicted molar refractivity (Wildman–Crippen MR) is 120 cm³/mol. The maximum absolute atomic E-state index is 13.2. The number of carbonyl (C=O) groups excluding carboxylic acids is 1. The number of anilines is 1. The van der Waals surface area contributed by atoms with Crippen LogP contribution in [0.5, 0.6) is 17.2 Å². The molecule has 1 amide bonds. The van der Waals surface area contributed by atoms with Crippen molar-refractivity contribution in [1.29, 1.82) is 0 Å². The predicted octanol–water partition coefficient (Wildman–Crippen LogP) is 3.66. The Kier molecular flexibility index (Phi) is 7.19. The van der Waals surface area contributed by atoms with E-state index in [-0.39, 0.29) is 23.8 Å². The summed E-state index contributed by atoms with van der Waals surface area (Å²) >= 11 is 1.21. The van der Waals surface area contributed by atoms with E-state index in [9.17, 15) is 9.59 Å². The Labute approximate surface area is 184 Å². The van der Waals surface area contributed by atoms with Gasteiger partial charge in [-0.2, -0.15) is 0 Å². The molecule has 0 atom stereocenters. The van der Waals surface area contributed by atoms with Gasteiger partial charge >= 0.3 is 5.97 Å². The number of hydrogen-bond donors (Lipinski definition) is 1. The number of aliphatic imine (C=N–C) groups is 1. The first kappa shape index (κ1) is 22.2. The van der Waals surface area contributed by atoms with E-state index in [0.717, 1.165) is 0 Å². The van der Waals surface area contributed by atoms with Gasteiger partial charge in [-0.25, -0.2) is 4.99 Å². The number of amidine groups is 1. The molecule has 8 nitrogen and oxygen atoms in total. The third-order valence-corrected chi connectivity index (χ3v) is 5.36. The van der Waals surface area contributed by atoms with Gasteiger partial charge in [-0.15, -0.1) is 0 Å². The Bertz CT molecular complexity index is 1040. The lowest BCUT2D eigenvalue weighted by Crippen LogP contribution is -2.30. The Morgan fingerprint density at radius 1 is 1.06 bits per heavy atom. The fourth-order valence-electron chi connectivity index (χ4n) is 2.94. The average molecular weight is 442 g/mol. The molecule has 2 aromatic rings. The van der Waals surface area contributed by atoms with Crippen molar-refractivity contribution in [2.75, 3.05) is 32.0 Å². The van der Waals surface area contributed by atoms with Crippen molar-refractivity contribution >= 4 is 40.6 Å². The zero-order chi connectivity index (χ0) is 22.4. The van der Waals surface area contributed by atoms with Crippen molar-refractivity contribution in [3.05, 3.63) is 53.7 Å². The third kappa shape index (κ3) is 5.00. The number of rotatable bonds is 8. The van der Waals surface area contributed by atoms with Gasteiger partial charge in [0.1, 0.15) is 11.4 Å². The van der Waals surface area contributed by atoms with E-state index in [0.29, 0.717) is 33.7 Å². The number of para-hydroxylation sites is 1. The van der Waals surface area contributed by atoms with E-state index in [2.05, 4.69) is 4.99 Å². The first-order valence-electron chi connectivity index (χ1n) is 9.33. The van der Waals surface area contributed by atoms with Gasteiger partial charge < -0.3 is 19.3 Å². The van der Waals surface area contributed by atoms with E-state index in [1.54, 1.807) is 30.3 Å². The van der Waals surface area contributed by atoms with Gasteiger partial charge in [-0.3, -0.25) is 14.5 Å². The van der Waals surface area contributed by atoms with Crippen LogP contribution in [-0.4, -0.2) is 49.2 Å². The summed E-state index contributed by atoms with van der Waals surface area (Å²) in [7, 11) is 4.57. The van der Waals surface area contributed by atoms with Gasteiger partial charge in [0.15, 0.2) is 16.7 Å². The number of hydrogen-bond acceptors (Lipinski definition) is 7. The molecule has 1 aliphatic rings. The van der Waals surface area contributed by atoms with E-state index in [4.69, 9.17) is 19.3 Å². The van der Waals surface area contributed by atoms with Gasteiger partial charge in [-0.1, -0.05) is 30.0 Å². The number of ether oxygens (including phenoxy) is 3. The molecule has 0 saturated heterocycles. The summed E-state index contributed by atoms with van der Waals surface area (Å²) in [5.74, 6) is 0.540. The number of thioether (sulfide) groups is 1. The van der Waals surface area contributed by atoms with Crippen molar-refractivity contribution in [2.45, 2.75) is 6.42 Å². The van der Waals surface area contributed by atoms with Crippen LogP contribution < -0.4 is 19.1 Å². The molecule has 162 valence electrons. The lowest BCUT2D eigenvalue weighted by atomic mass is 10.1. The SMILES string of the molecule is COc1cc(OC)c(OC)cc1/C=C1/N=C(SCCC(=O)O)N(c2ccccc2)C1=O. The molecule has 9 heteroatoms. The van der Waals surface area contributed by atoms with Crippen LogP contribution in [-0.2, 0) is 9.59 Å². The summed E-state index contributed by atoms with van der Waals surface area (Å²) in [6.45, 7) is 0. The first-order valence-corrected chi connectivity index (χ1v) is 10.3. The van der Waals surface area contributed by atoms with Gasteiger partial charge in [0, 0.05) is 17.4 Å². The Morgan fingerprint density at radius 3 is 2.32 bits per heavy atom. The fraction of sp³-hybridized carbons (Fsp3) is 0.227. The second-order valence-corrected chi connectivity index (χ2v) is 7.40. The number of carboxylic acids is 1. The molecule has 0 bridgehead atoms. The van der Waals surface area contributed by atoms with Crippen molar-refractivity contribution < 1.29 is 28.9 Å². The molecule has 1 heterocycles. The number of carbonyl (C=O) groups is 2. The maximum atomic E-state index is 13.2. The molecule has 1 N–H and O–H groups in total. The minimum Gasteiger partial charge on any atom is -0.496 e. The van der Waals surface area contributed by atoms with E-state index >= 15 is 0 Å². The average Bonchev–Trinajstić information content (AvgIpc) is 3.08. The molecular formula is C22H22N2O6S. The Morgan fingerprint density at radius 2 is 1.71 bits per heavy atom. The van der Waals surface area contributed by atoms with Crippen molar-refractivity contribution in [3.63, 3.8) is 0 Å². The van der Waals surface area contributed by atoms with Crippen LogP contribution in [0.25, 0.3) is 6.08 Å². The highest BCUT2D eigenvalue weighted by atomic mass is 32.2. The summed E-state index contributed by atoms with van der Waals surface area (Å²) in [4.78, 5) is 30.1. The van der Waals surface area contributed by atoms with Crippen LogP contribution in [0.4, 0.5) is 5.69 Å². The second-order valence-electron chi connectivity index (χ2n) is 6.34. The standard InChI is InChI=1S/C22H22N2O6S/c1-28-17-13-19(30-3)18(29-2)12-14(17)11-16-21(27)24(15-7-5-4-6-8-15)22(23-16)31-10-9-20(25)26/h4-8,11-13H,9-10H2,1-3H3,(H,25,26)/b16-11+. The quantitative estimate of drug-likeness (QED) is 0.623. The van der Waals surface area contributed by atoms with Crippen LogP contribution in [0.3, 0.4) is 0 Å². The number of aliphatic carboxylic acids is 1. The Balaban J connectivity index is 2.02. The van der Waals surface area contributed by atoms with Crippen LogP contribution in [0.2, 0.25) is 0 Å². The maximum Gasteiger partial charge on any atom is 0.304 e. The number of carboxylic acid groups (broad SMARTS) is 1. The summed E-state index contributed by atoms with van der Waals surface area (Å²) < 4.78 is 16.1. The monoisotopic (exact) mass is 442 g/mol. The van der Waals surface area contributed by atoms with Crippen molar-refractivity contribution in [3.8, 4) is 17.2 Å². The minimum absolute atomic E-state index is 0.0386. The van der Waals surface area contributed by atoms with Crippen LogP contribution >= 0.6 is 11.8 Å². The number of nitrogens with zero attached hydrogens (tertiary/aromatic N) is 2. The highest BCUT2D eigenvalue weighted by molar-refractivity contribution is 8.14. The van der Waals surface area contributed by atoms with Crippen molar-refractivity contribution in [1.82, 2.24) is 0 Å². The van der Waals surface area contributed by atoms with Crippen LogP contribution in [0.1, 0.15) is 12.0 Å². The summed E-state index contributed by atoms with van der Waals surface area (Å²) in [6.07, 6.45) is 1.58. The van der Waals surface area contributed by atoms with Gasteiger partial charge in [-0.05, 0) is 24.3 Å². The highest BCUT2D eigenvalue weighted by Gasteiger charge is 2.32. The van der Waals surface area contributed by atoms with Crippen LogP contribution in [0, 0.1) is 0 Å². The fourth-order valence-corrected chi connectivity index (χ4v) is 3.88. The number of methoxy groups -OCH3 is 3. The molecule has 0 aliphatic carbocycles. The first-order chi connectivity index (χ1) is 15.0. The van der Waals surface area contributed by atoms with Gasteiger partial charge in [0.05, 0.1) is 33.4 Å².